The molecule has 1 amide bonds. The molecule has 1 unspecified atom stereocenters. The highest BCUT2D eigenvalue weighted by Gasteiger charge is 2.29. The molecule has 0 bridgehead atoms. The van der Waals surface area contributed by atoms with Crippen molar-refractivity contribution in [3.63, 3.8) is 0 Å². The zero-order valence-electron chi connectivity index (χ0n) is 14.5. The Morgan fingerprint density at radius 3 is 2.88 bits per heavy atom. The number of carbonyl (C=O) groups is 1. The molecule has 24 heavy (non-hydrogen) atoms. The second-order valence-corrected chi connectivity index (χ2v) is 8.27. The summed E-state index contributed by atoms with van der Waals surface area (Å²) in [5.74, 6) is 0.0239. The van der Waals surface area contributed by atoms with E-state index in [0.717, 1.165) is 24.5 Å². The zero-order chi connectivity index (χ0) is 17.5. The van der Waals surface area contributed by atoms with Crippen LogP contribution in [-0.4, -0.2) is 39.1 Å². The van der Waals surface area contributed by atoms with E-state index in [2.05, 4.69) is 20.3 Å². The lowest BCUT2D eigenvalue weighted by molar-refractivity contribution is -0.126. The molecule has 0 spiro atoms. The summed E-state index contributed by atoms with van der Waals surface area (Å²) in [6.07, 6.45) is 1.81. The predicted octanol–water partition coefficient (Wildman–Crippen LogP) is 1.59. The number of aromatic nitrogens is 3. The van der Waals surface area contributed by atoms with Crippen LogP contribution in [0.25, 0.3) is 4.96 Å². The Balaban J connectivity index is 1.81. The van der Waals surface area contributed by atoms with Crippen molar-refractivity contribution in [2.45, 2.75) is 46.1 Å². The highest BCUT2D eigenvalue weighted by Crippen LogP contribution is 2.27. The molecule has 3 heterocycles. The molecule has 3 rings (SSSR count). The van der Waals surface area contributed by atoms with Gasteiger partial charge >= 0.3 is 0 Å². The number of fused-ring (bicyclic) bond motifs is 1. The van der Waals surface area contributed by atoms with E-state index in [1.807, 2.05) is 20.8 Å². The molecule has 1 aliphatic heterocycles. The quantitative estimate of drug-likeness (QED) is 0.891. The van der Waals surface area contributed by atoms with Gasteiger partial charge in [0.1, 0.15) is 0 Å². The van der Waals surface area contributed by atoms with Crippen molar-refractivity contribution in [1.29, 1.82) is 0 Å². The van der Waals surface area contributed by atoms with Gasteiger partial charge < -0.3 is 10.2 Å². The normalized spacial score (nSPS) is 18.8. The van der Waals surface area contributed by atoms with Crippen molar-refractivity contribution in [3.8, 4) is 0 Å². The molecule has 130 valence electrons. The maximum atomic E-state index is 12.4. The Morgan fingerprint density at radius 2 is 2.17 bits per heavy atom. The molecule has 7 nitrogen and oxygen atoms in total. The second kappa shape index (κ2) is 6.16. The molecular formula is C16H23N5O2S. The van der Waals surface area contributed by atoms with E-state index in [-0.39, 0.29) is 22.9 Å². The molecule has 0 saturated carbocycles. The van der Waals surface area contributed by atoms with Gasteiger partial charge in [0.2, 0.25) is 16.0 Å². The lowest BCUT2D eigenvalue weighted by Gasteiger charge is -2.33. The number of hydrogen-bond acceptors (Lipinski definition) is 6. The number of amides is 1. The van der Waals surface area contributed by atoms with Crippen LogP contribution >= 0.6 is 11.3 Å². The largest absolute Gasteiger partial charge is 0.351 e. The fourth-order valence-electron chi connectivity index (χ4n) is 2.87. The van der Waals surface area contributed by atoms with Crippen molar-refractivity contribution < 1.29 is 4.79 Å². The van der Waals surface area contributed by atoms with Gasteiger partial charge in [-0.1, -0.05) is 11.3 Å². The van der Waals surface area contributed by atoms with Gasteiger partial charge in [-0.3, -0.25) is 9.59 Å². The number of rotatable bonds is 2. The third-order valence-electron chi connectivity index (χ3n) is 3.92. The Morgan fingerprint density at radius 1 is 1.42 bits per heavy atom. The van der Waals surface area contributed by atoms with Crippen molar-refractivity contribution in [2.24, 2.45) is 5.92 Å². The van der Waals surface area contributed by atoms with Gasteiger partial charge in [-0.2, -0.15) is 4.52 Å². The van der Waals surface area contributed by atoms with E-state index in [9.17, 15) is 9.59 Å². The number of carbonyl (C=O) groups excluding carboxylic acids is 1. The average molecular weight is 349 g/mol. The van der Waals surface area contributed by atoms with Gasteiger partial charge in [-0.25, -0.2) is 4.98 Å². The van der Waals surface area contributed by atoms with Crippen LogP contribution in [-0.2, 0) is 4.79 Å². The Kier molecular flexibility index (Phi) is 4.33. The van der Waals surface area contributed by atoms with Gasteiger partial charge in [-0.05, 0) is 40.5 Å². The van der Waals surface area contributed by atoms with Crippen LogP contribution in [0.15, 0.2) is 10.9 Å². The lowest BCUT2D eigenvalue weighted by atomic mass is 9.96. The average Bonchev–Trinajstić information content (AvgIpc) is 2.90. The highest BCUT2D eigenvalue weighted by atomic mass is 32.1. The molecule has 0 aliphatic carbocycles. The first kappa shape index (κ1) is 16.9. The SMILES string of the molecule is Cc1cc(=O)n2nc(N3CCCC(C(=O)NC(C)(C)C)C3)sc2n1. The summed E-state index contributed by atoms with van der Waals surface area (Å²) >= 11 is 1.39. The summed E-state index contributed by atoms with van der Waals surface area (Å²) in [5, 5.41) is 8.20. The van der Waals surface area contributed by atoms with E-state index < -0.39 is 0 Å². The van der Waals surface area contributed by atoms with E-state index >= 15 is 0 Å². The van der Waals surface area contributed by atoms with Gasteiger partial charge in [0.05, 0.1) is 5.92 Å². The number of nitrogens with zero attached hydrogens (tertiary/aromatic N) is 4. The second-order valence-electron chi connectivity index (χ2n) is 7.34. The van der Waals surface area contributed by atoms with Crippen molar-refractivity contribution in [1.82, 2.24) is 19.9 Å². The third-order valence-corrected chi connectivity index (χ3v) is 4.89. The number of hydrogen-bond donors (Lipinski definition) is 1. The first-order valence-corrected chi connectivity index (χ1v) is 8.99. The summed E-state index contributed by atoms with van der Waals surface area (Å²) in [6, 6.07) is 1.48. The predicted molar refractivity (Wildman–Crippen MR) is 94.7 cm³/mol. The third kappa shape index (κ3) is 3.58. The molecule has 0 aromatic carbocycles. The van der Waals surface area contributed by atoms with Gasteiger partial charge in [-0.15, -0.1) is 5.10 Å². The molecular weight excluding hydrogens is 326 g/mol. The van der Waals surface area contributed by atoms with E-state index in [1.54, 1.807) is 6.92 Å². The van der Waals surface area contributed by atoms with Crippen molar-refractivity contribution in [2.75, 3.05) is 18.0 Å². The summed E-state index contributed by atoms with van der Waals surface area (Å²) in [5.41, 5.74) is 0.291. The first-order chi connectivity index (χ1) is 11.2. The molecule has 1 fully saturated rings. The lowest BCUT2D eigenvalue weighted by Crippen LogP contribution is -2.48. The van der Waals surface area contributed by atoms with Crippen LogP contribution in [0.4, 0.5) is 5.13 Å². The number of aryl methyl sites for hydroxylation is 1. The van der Waals surface area contributed by atoms with Gasteiger partial charge in [0.15, 0.2) is 0 Å². The molecule has 2 aromatic rings. The summed E-state index contributed by atoms with van der Waals surface area (Å²) < 4.78 is 1.34. The molecule has 1 atom stereocenters. The molecule has 1 aliphatic rings. The Bertz CT molecular complexity index is 820. The molecule has 2 aromatic heterocycles. The van der Waals surface area contributed by atoms with Crippen LogP contribution < -0.4 is 15.8 Å². The van der Waals surface area contributed by atoms with Gasteiger partial charge in [0.25, 0.3) is 5.56 Å². The minimum Gasteiger partial charge on any atom is -0.351 e. The Hall–Kier alpha value is -1.96. The standard InChI is InChI=1S/C16H23N5O2S/c1-10-8-12(22)21-14(17-10)24-15(19-21)20-7-5-6-11(9-20)13(23)18-16(2,3)4/h8,11H,5-7,9H2,1-4H3,(H,18,23). The van der Waals surface area contributed by atoms with E-state index in [1.165, 1.54) is 21.9 Å². The monoisotopic (exact) mass is 349 g/mol. The van der Waals surface area contributed by atoms with E-state index in [4.69, 9.17) is 0 Å². The number of nitrogens with one attached hydrogen (secondary N) is 1. The Labute approximate surface area is 144 Å². The minimum absolute atomic E-state index is 0.0589. The van der Waals surface area contributed by atoms with Gasteiger partial charge in [0, 0.05) is 30.4 Å². The molecule has 1 N–H and O–H groups in total. The summed E-state index contributed by atoms with van der Waals surface area (Å²) in [7, 11) is 0. The maximum Gasteiger partial charge on any atom is 0.275 e. The van der Waals surface area contributed by atoms with Crippen LogP contribution in [0, 0.1) is 12.8 Å². The van der Waals surface area contributed by atoms with Crippen LogP contribution in [0.3, 0.4) is 0 Å². The molecule has 1 saturated heterocycles. The summed E-state index contributed by atoms with van der Waals surface area (Å²) in [4.78, 5) is 31.5. The zero-order valence-corrected chi connectivity index (χ0v) is 15.3. The molecule has 8 heteroatoms. The summed E-state index contributed by atoms with van der Waals surface area (Å²) in [6.45, 7) is 9.22. The van der Waals surface area contributed by atoms with Crippen molar-refractivity contribution >= 4 is 27.3 Å². The van der Waals surface area contributed by atoms with E-state index in [0.29, 0.717) is 17.2 Å². The van der Waals surface area contributed by atoms with Crippen LogP contribution in [0.2, 0.25) is 0 Å². The number of piperidine rings is 1. The topological polar surface area (TPSA) is 79.6 Å². The molecule has 0 radical (unpaired) electrons. The fourth-order valence-corrected chi connectivity index (χ4v) is 3.86. The van der Waals surface area contributed by atoms with Crippen molar-refractivity contribution in [3.05, 3.63) is 22.1 Å². The maximum absolute atomic E-state index is 12.4. The highest BCUT2D eigenvalue weighted by molar-refractivity contribution is 7.20. The van der Waals surface area contributed by atoms with Crippen LogP contribution in [0.5, 0.6) is 0 Å². The van der Waals surface area contributed by atoms with Crippen LogP contribution in [0.1, 0.15) is 39.3 Å². The smallest absolute Gasteiger partial charge is 0.275 e. The first-order valence-electron chi connectivity index (χ1n) is 8.17. The fraction of sp³-hybridized carbons (Fsp3) is 0.625. The minimum atomic E-state index is -0.232. The number of anilines is 1.